The monoisotopic (exact) mass is 408 g/mol. The van der Waals surface area contributed by atoms with E-state index in [2.05, 4.69) is 15.1 Å². The maximum atomic E-state index is 15.4. The van der Waals surface area contributed by atoms with Crippen LogP contribution >= 0.6 is 0 Å². The Bertz CT molecular complexity index is 1350. The van der Waals surface area contributed by atoms with Crippen molar-refractivity contribution >= 4 is 21.8 Å². The summed E-state index contributed by atoms with van der Waals surface area (Å²) in [5.74, 6) is 0.0593. The number of halogens is 1. The summed E-state index contributed by atoms with van der Waals surface area (Å²) in [7, 11) is 1.54. The number of pyridine rings is 2. The lowest BCUT2D eigenvalue weighted by molar-refractivity contribution is 0.185. The molecule has 30 heavy (non-hydrogen) atoms. The van der Waals surface area contributed by atoms with Crippen LogP contribution in [0.5, 0.6) is 5.88 Å². The third-order valence-corrected chi connectivity index (χ3v) is 5.83. The number of hydrogen-bond acceptors (Lipinski definition) is 5. The lowest BCUT2D eigenvalue weighted by Crippen LogP contribution is -2.12. The van der Waals surface area contributed by atoms with Gasteiger partial charge in [-0.1, -0.05) is 0 Å². The van der Waals surface area contributed by atoms with E-state index in [-0.39, 0.29) is 17.4 Å². The third-order valence-electron chi connectivity index (χ3n) is 5.83. The summed E-state index contributed by atoms with van der Waals surface area (Å²) in [5.41, 5.74) is 3.61. The van der Waals surface area contributed by atoms with Gasteiger partial charge in [0.2, 0.25) is 5.88 Å². The van der Waals surface area contributed by atoms with Gasteiger partial charge in [-0.3, -0.25) is 9.48 Å². The van der Waals surface area contributed by atoms with Crippen LogP contribution in [0.4, 0.5) is 4.39 Å². The topological polar surface area (TPSA) is 82.0 Å². The minimum absolute atomic E-state index is 0.0317. The van der Waals surface area contributed by atoms with E-state index in [0.717, 1.165) is 17.5 Å². The summed E-state index contributed by atoms with van der Waals surface area (Å²) >= 11 is 0. The maximum Gasteiger partial charge on any atom is 0.259 e. The van der Waals surface area contributed by atoms with E-state index in [4.69, 9.17) is 9.47 Å². The van der Waals surface area contributed by atoms with Crippen LogP contribution in [0.3, 0.4) is 0 Å². The van der Waals surface area contributed by atoms with Crippen LogP contribution in [0.15, 0.2) is 29.3 Å². The molecule has 8 heteroatoms. The first-order valence-electron chi connectivity index (χ1n) is 9.80. The van der Waals surface area contributed by atoms with Crippen LogP contribution in [0, 0.1) is 19.7 Å². The van der Waals surface area contributed by atoms with Gasteiger partial charge < -0.3 is 14.5 Å². The molecule has 0 spiro atoms. The quantitative estimate of drug-likeness (QED) is 0.559. The summed E-state index contributed by atoms with van der Waals surface area (Å²) in [6, 6.07) is 3.19. The Morgan fingerprint density at radius 3 is 2.83 bits per heavy atom. The number of hydrogen-bond donors (Lipinski definition) is 1. The number of nitrogens with one attached hydrogen (secondary N) is 1. The summed E-state index contributed by atoms with van der Waals surface area (Å²) in [6.45, 7) is 4.90. The van der Waals surface area contributed by atoms with Crippen molar-refractivity contribution in [2.24, 2.45) is 0 Å². The molecule has 1 unspecified atom stereocenters. The number of aryl methyl sites for hydroxylation is 1. The summed E-state index contributed by atoms with van der Waals surface area (Å²) in [6.07, 6.45) is 4.01. The van der Waals surface area contributed by atoms with E-state index in [1.165, 1.54) is 13.2 Å². The molecule has 1 saturated heterocycles. The van der Waals surface area contributed by atoms with Crippen LogP contribution in [-0.4, -0.2) is 40.1 Å². The highest BCUT2D eigenvalue weighted by Gasteiger charge is 2.24. The molecule has 0 aliphatic carbocycles. The number of methoxy groups -OCH3 is 1. The number of H-pyrrole nitrogens is 1. The van der Waals surface area contributed by atoms with E-state index in [0.29, 0.717) is 52.0 Å². The van der Waals surface area contributed by atoms with Gasteiger partial charge in [-0.15, -0.1) is 0 Å². The van der Waals surface area contributed by atoms with Crippen molar-refractivity contribution in [3.63, 3.8) is 0 Å². The fourth-order valence-electron chi connectivity index (χ4n) is 4.38. The molecule has 154 valence electrons. The number of aromatic amines is 1. The minimum atomic E-state index is -0.384. The standard InChI is InChI=1S/C22H21FN4O3/c1-11-8-24-22(29-3)12(2)19(11)14-7-18-15(6-17(14)23)20-16(21(28)26-18)9-25-27(20)13-4-5-30-10-13/h6-9,13H,4-5,10H2,1-3H3,(H,26,28). The SMILES string of the molecule is COc1ncc(C)c(-c2cc3[nH]c(=O)c4cnn(C5CCOC5)c4c3cc2F)c1C. The summed E-state index contributed by atoms with van der Waals surface area (Å²) < 4.78 is 28.0. The van der Waals surface area contributed by atoms with E-state index < -0.39 is 0 Å². The number of benzene rings is 1. The molecule has 1 aliphatic heterocycles. The Hall–Kier alpha value is -3.26. The molecule has 0 amide bonds. The van der Waals surface area contributed by atoms with Crippen molar-refractivity contribution in [3.8, 4) is 17.0 Å². The fourth-order valence-corrected chi connectivity index (χ4v) is 4.38. The van der Waals surface area contributed by atoms with Gasteiger partial charge in [-0.05, 0) is 43.5 Å². The number of fused-ring (bicyclic) bond motifs is 3. The zero-order valence-corrected chi connectivity index (χ0v) is 17.0. The second-order valence-electron chi connectivity index (χ2n) is 7.65. The molecule has 0 saturated carbocycles. The van der Waals surface area contributed by atoms with Crippen molar-refractivity contribution in [1.29, 1.82) is 0 Å². The summed E-state index contributed by atoms with van der Waals surface area (Å²) in [4.78, 5) is 19.9. The van der Waals surface area contributed by atoms with Crippen molar-refractivity contribution in [2.75, 3.05) is 20.3 Å². The highest BCUT2D eigenvalue weighted by molar-refractivity contribution is 6.04. The van der Waals surface area contributed by atoms with Crippen LogP contribution < -0.4 is 10.3 Å². The second-order valence-corrected chi connectivity index (χ2v) is 7.65. The van der Waals surface area contributed by atoms with Gasteiger partial charge in [0.05, 0.1) is 42.4 Å². The molecule has 1 aliphatic rings. The molecule has 1 aromatic carbocycles. The Kier molecular flexibility index (Phi) is 4.32. The van der Waals surface area contributed by atoms with Gasteiger partial charge in [0.25, 0.3) is 5.56 Å². The molecule has 1 atom stereocenters. The van der Waals surface area contributed by atoms with Gasteiger partial charge >= 0.3 is 0 Å². The molecule has 7 nitrogen and oxygen atoms in total. The summed E-state index contributed by atoms with van der Waals surface area (Å²) in [5, 5.41) is 5.48. The van der Waals surface area contributed by atoms with Crippen molar-refractivity contribution < 1.29 is 13.9 Å². The Morgan fingerprint density at radius 2 is 2.10 bits per heavy atom. The highest BCUT2D eigenvalue weighted by atomic mass is 19.1. The van der Waals surface area contributed by atoms with E-state index in [9.17, 15) is 4.79 Å². The van der Waals surface area contributed by atoms with Crippen molar-refractivity contribution in [1.82, 2.24) is 19.7 Å². The first-order chi connectivity index (χ1) is 14.5. The molecule has 0 radical (unpaired) electrons. The first kappa shape index (κ1) is 18.7. The molecular weight excluding hydrogens is 387 g/mol. The van der Waals surface area contributed by atoms with Gasteiger partial charge in [0.15, 0.2) is 0 Å². The molecular formula is C22H21FN4O3. The maximum absolute atomic E-state index is 15.4. The normalized spacial score (nSPS) is 16.6. The molecule has 5 rings (SSSR count). The number of nitrogens with zero attached hydrogens (tertiary/aromatic N) is 3. The zero-order valence-electron chi connectivity index (χ0n) is 17.0. The van der Waals surface area contributed by atoms with Crippen LogP contribution in [-0.2, 0) is 4.74 Å². The Balaban J connectivity index is 1.81. The molecule has 1 fully saturated rings. The average Bonchev–Trinajstić information content (AvgIpc) is 3.39. The minimum Gasteiger partial charge on any atom is -0.481 e. The lowest BCUT2D eigenvalue weighted by Gasteiger charge is -2.15. The van der Waals surface area contributed by atoms with Crippen LogP contribution in [0.25, 0.3) is 32.9 Å². The molecule has 3 aromatic heterocycles. The molecule has 4 aromatic rings. The second kappa shape index (κ2) is 6.91. The van der Waals surface area contributed by atoms with Crippen molar-refractivity contribution in [2.45, 2.75) is 26.3 Å². The number of aromatic nitrogens is 4. The Labute approximate surface area is 171 Å². The van der Waals surface area contributed by atoms with Gasteiger partial charge in [0.1, 0.15) is 5.82 Å². The largest absolute Gasteiger partial charge is 0.481 e. The first-order valence-corrected chi connectivity index (χ1v) is 9.80. The average molecular weight is 408 g/mol. The lowest BCUT2D eigenvalue weighted by atomic mass is 9.95. The van der Waals surface area contributed by atoms with Crippen LogP contribution in [0.1, 0.15) is 23.6 Å². The van der Waals surface area contributed by atoms with Crippen LogP contribution in [0.2, 0.25) is 0 Å². The number of rotatable bonds is 3. The molecule has 4 heterocycles. The zero-order chi connectivity index (χ0) is 21.0. The number of ether oxygens (including phenoxy) is 2. The third kappa shape index (κ3) is 2.71. The van der Waals surface area contributed by atoms with E-state index in [1.54, 1.807) is 23.1 Å². The molecule has 0 bridgehead atoms. The molecule has 1 N–H and O–H groups in total. The fraction of sp³-hybridized carbons (Fsp3) is 0.318. The van der Waals surface area contributed by atoms with Gasteiger partial charge in [0, 0.05) is 29.3 Å². The van der Waals surface area contributed by atoms with Gasteiger partial charge in [-0.2, -0.15) is 5.10 Å². The van der Waals surface area contributed by atoms with Gasteiger partial charge in [-0.25, -0.2) is 9.37 Å². The predicted octanol–water partition coefficient (Wildman–Crippen LogP) is 3.67. The van der Waals surface area contributed by atoms with E-state index >= 15 is 4.39 Å². The predicted molar refractivity (Wildman–Crippen MR) is 112 cm³/mol. The highest BCUT2D eigenvalue weighted by Crippen LogP contribution is 2.36. The smallest absolute Gasteiger partial charge is 0.259 e. The Morgan fingerprint density at radius 1 is 1.27 bits per heavy atom. The van der Waals surface area contributed by atoms with E-state index in [1.807, 2.05) is 13.8 Å². The van der Waals surface area contributed by atoms with Crippen molar-refractivity contribution in [3.05, 3.63) is 51.8 Å².